The zero-order valence-electron chi connectivity index (χ0n) is 12.5. The molecule has 1 aliphatic rings. The van der Waals surface area contributed by atoms with Crippen LogP contribution in [0.25, 0.3) is 10.6 Å². The summed E-state index contributed by atoms with van der Waals surface area (Å²) in [5.74, 6) is 0.538. The topological polar surface area (TPSA) is 62.1 Å². The lowest BCUT2D eigenvalue weighted by Gasteiger charge is -2.26. The van der Waals surface area contributed by atoms with Crippen molar-refractivity contribution < 1.29 is 18.0 Å². The van der Waals surface area contributed by atoms with Gasteiger partial charge in [0.2, 0.25) is 0 Å². The number of aromatic amines is 1. The number of nitrogens with zero attached hydrogens (tertiary/aromatic N) is 2. The Labute approximate surface area is 139 Å². The van der Waals surface area contributed by atoms with E-state index in [1.54, 1.807) is 12.1 Å². The predicted octanol–water partition coefficient (Wildman–Crippen LogP) is 3.87. The minimum Gasteiger partial charge on any atom is -0.450 e. The summed E-state index contributed by atoms with van der Waals surface area (Å²) in [7, 11) is 0. The van der Waals surface area contributed by atoms with E-state index in [9.17, 15) is 13.6 Å². The molecule has 0 saturated heterocycles. The summed E-state index contributed by atoms with van der Waals surface area (Å²) in [5.41, 5.74) is 0.809. The fourth-order valence-corrected chi connectivity index (χ4v) is 3.52. The summed E-state index contributed by atoms with van der Waals surface area (Å²) < 4.78 is 31.6. The molecule has 1 N–H and O–H groups in total. The quantitative estimate of drug-likeness (QED) is 0.781. The van der Waals surface area contributed by atoms with Crippen molar-refractivity contribution in [3.63, 3.8) is 0 Å². The van der Waals surface area contributed by atoms with Crippen LogP contribution < -0.4 is 0 Å². The highest BCUT2D eigenvalue weighted by atomic mass is 32.1. The highest BCUT2D eigenvalue weighted by Gasteiger charge is 2.30. The molecular weight excluding hydrogens is 336 g/mol. The molecule has 1 amide bonds. The van der Waals surface area contributed by atoms with E-state index in [0.29, 0.717) is 30.0 Å². The Balaban J connectivity index is 1.56. The zero-order valence-corrected chi connectivity index (χ0v) is 13.3. The standard InChI is InChI=1S/C16H13F2N3O2S/c17-15(18)14-9-8-21(6-5-10(9)19-20-14)16(22)12-4-3-11(23-12)13-2-1-7-24-13/h1-4,7,15H,5-6,8H2,(H,19,20). The van der Waals surface area contributed by atoms with E-state index >= 15 is 0 Å². The molecule has 0 unspecified atom stereocenters. The number of carbonyl (C=O) groups is 1. The number of hydrogen-bond acceptors (Lipinski definition) is 4. The van der Waals surface area contributed by atoms with Crippen molar-refractivity contribution in [1.29, 1.82) is 0 Å². The Bertz CT molecular complexity index is 870. The van der Waals surface area contributed by atoms with Crippen LogP contribution in [0.4, 0.5) is 8.78 Å². The first-order valence-electron chi connectivity index (χ1n) is 7.40. The van der Waals surface area contributed by atoms with Crippen LogP contribution in [0.5, 0.6) is 0 Å². The minimum atomic E-state index is -2.66. The zero-order chi connectivity index (χ0) is 16.7. The van der Waals surface area contributed by atoms with Gasteiger partial charge in [0.25, 0.3) is 12.3 Å². The second-order valence-electron chi connectivity index (χ2n) is 5.48. The lowest BCUT2D eigenvalue weighted by atomic mass is 10.1. The average Bonchev–Trinajstić information content (AvgIpc) is 3.31. The van der Waals surface area contributed by atoms with Crippen molar-refractivity contribution in [2.45, 2.75) is 19.4 Å². The predicted molar refractivity (Wildman–Crippen MR) is 84.0 cm³/mol. The SMILES string of the molecule is O=C(c1ccc(-c2cccs2)o1)N1CCc2[nH]nc(C(F)F)c2C1. The molecule has 0 radical (unpaired) electrons. The first kappa shape index (κ1) is 15.1. The van der Waals surface area contributed by atoms with Crippen LogP contribution in [0.3, 0.4) is 0 Å². The van der Waals surface area contributed by atoms with Crippen LogP contribution in [0, 0.1) is 0 Å². The van der Waals surface area contributed by atoms with Gasteiger partial charge in [-0.2, -0.15) is 5.10 Å². The van der Waals surface area contributed by atoms with Gasteiger partial charge in [0, 0.05) is 30.8 Å². The maximum absolute atomic E-state index is 13.0. The van der Waals surface area contributed by atoms with E-state index in [1.165, 1.54) is 16.2 Å². The fourth-order valence-electron chi connectivity index (χ4n) is 2.83. The van der Waals surface area contributed by atoms with E-state index < -0.39 is 6.43 Å². The number of nitrogens with one attached hydrogen (secondary N) is 1. The number of rotatable bonds is 3. The Morgan fingerprint density at radius 3 is 3.00 bits per heavy atom. The van der Waals surface area contributed by atoms with Gasteiger partial charge in [0.05, 0.1) is 4.88 Å². The van der Waals surface area contributed by atoms with Crippen LogP contribution in [0.2, 0.25) is 0 Å². The number of hydrogen-bond donors (Lipinski definition) is 1. The number of fused-ring (bicyclic) bond motifs is 1. The summed E-state index contributed by atoms with van der Waals surface area (Å²) >= 11 is 1.52. The third kappa shape index (κ3) is 2.52. The number of thiophene rings is 1. The normalized spacial score (nSPS) is 14.2. The number of H-pyrrole nitrogens is 1. The monoisotopic (exact) mass is 349 g/mol. The molecule has 3 aromatic rings. The van der Waals surface area contributed by atoms with Crippen molar-refractivity contribution in [2.75, 3.05) is 6.54 Å². The van der Waals surface area contributed by atoms with Crippen molar-refractivity contribution in [3.05, 3.63) is 52.4 Å². The van der Waals surface area contributed by atoms with Gasteiger partial charge < -0.3 is 9.32 Å². The number of halogens is 2. The second kappa shape index (κ2) is 5.86. The van der Waals surface area contributed by atoms with Gasteiger partial charge in [-0.3, -0.25) is 9.89 Å². The van der Waals surface area contributed by atoms with E-state index in [2.05, 4.69) is 10.2 Å². The van der Waals surface area contributed by atoms with Gasteiger partial charge in [-0.1, -0.05) is 6.07 Å². The van der Waals surface area contributed by atoms with Crippen LogP contribution in [-0.4, -0.2) is 27.5 Å². The summed E-state index contributed by atoms with van der Waals surface area (Å²) in [4.78, 5) is 15.1. The van der Waals surface area contributed by atoms with Crippen molar-refractivity contribution in [2.24, 2.45) is 0 Å². The Kier molecular flexibility index (Phi) is 3.68. The lowest BCUT2D eigenvalue weighted by Crippen LogP contribution is -2.35. The van der Waals surface area contributed by atoms with Gasteiger partial charge in [-0.05, 0) is 23.6 Å². The van der Waals surface area contributed by atoms with E-state index in [1.807, 2.05) is 17.5 Å². The molecule has 4 rings (SSSR count). The molecule has 3 aromatic heterocycles. The smallest absolute Gasteiger partial charge is 0.289 e. The summed E-state index contributed by atoms with van der Waals surface area (Å²) in [5, 5.41) is 8.23. The van der Waals surface area contributed by atoms with Gasteiger partial charge in [0.15, 0.2) is 5.76 Å². The molecule has 0 aliphatic carbocycles. The minimum absolute atomic E-state index is 0.110. The molecule has 0 spiro atoms. The highest BCUT2D eigenvalue weighted by molar-refractivity contribution is 7.13. The molecule has 0 bridgehead atoms. The van der Waals surface area contributed by atoms with Crippen molar-refractivity contribution in [1.82, 2.24) is 15.1 Å². The summed E-state index contributed by atoms with van der Waals surface area (Å²) in [6, 6.07) is 7.18. The number of carbonyl (C=O) groups excluding carboxylic acids is 1. The second-order valence-corrected chi connectivity index (χ2v) is 6.43. The maximum atomic E-state index is 13.0. The molecule has 8 heteroatoms. The van der Waals surface area contributed by atoms with E-state index in [0.717, 1.165) is 4.88 Å². The Morgan fingerprint density at radius 2 is 2.25 bits per heavy atom. The number of aromatic nitrogens is 2. The number of alkyl halides is 2. The van der Waals surface area contributed by atoms with Gasteiger partial charge in [0.1, 0.15) is 11.5 Å². The Hall–Kier alpha value is -2.48. The molecule has 124 valence electrons. The van der Waals surface area contributed by atoms with Crippen LogP contribution in [-0.2, 0) is 13.0 Å². The lowest BCUT2D eigenvalue weighted by molar-refractivity contribution is 0.0698. The van der Waals surface area contributed by atoms with Crippen molar-refractivity contribution in [3.8, 4) is 10.6 Å². The molecule has 0 atom stereocenters. The molecule has 0 saturated carbocycles. The fraction of sp³-hybridized carbons (Fsp3) is 0.250. The molecule has 5 nitrogen and oxygen atoms in total. The summed E-state index contributed by atoms with van der Waals surface area (Å²) in [6.45, 7) is 0.547. The van der Waals surface area contributed by atoms with E-state index in [-0.39, 0.29) is 23.9 Å². The first-order valence-corrected chi connectivity index (χ1v) is 8.28. The molecule has 1 aliphatic heterocycles. The highest BCUT2D eigenvalue weighted by Crippen LogP contribution is 2.30. The number of furan rings is 1. The molecular formula is C16H13F2N3O2S. The van der Waals surface area contributed by atoms with Crippen LogP contribution in [0.15, 0.2) is 34.1 Å². The summed E-state index contributed by atoms with van der Waals surface area (Å²) in [6.07, 6.45) is -2.19. The van der Waals surface area contributed by atoms with E-state index in [4.69, 9.17) is 4.42 Å². The van der Waals surface area contributed by atoms with Crippen LogP contribution >= 0.6 is 11.3 Å². The van der Waals surface area contributed by atoms with Gasteiger partial charge in [-0.15, -0.1) is 11.3 Å². The molecule has 24 heavy (non-hydrogen) atoms. The van der Waals surface area contributed by atoms with Gasteiger partial charge >= 0.3 is 0 Å². The Morgan fingerprint density at radius 1 is 1.38 bits per heavy atom. The average molecular weight is 349 g/mol. The maximum Gasteiger partial charge on any atom is 0.289 e. The number of amides is 1. The third-order valence-corrected chi connectivity index (χ3v) is 4.92. The van der Waals surface area contributed by atoms with Crippen LogP contribution in [0.1, 0.15) is 33.9 Å². The third-order valence-electron chi connectivity index (χ3n) is 4.04. The molecule has 4 heterocycles. The molecule has 0 aromatic carbocycles. The largest absolute Gasteiger partial charge is 0.450 e. The first-order chi connectivity index (χ1) is 11.6. The molecule has 0 fully saturated rings. The van der Waals surface area contributed by atoms with Gasteiger partial charge in [-0.25, -0.2) is 8.78 Å². The van der Waals surface area contributed by atoms with Crippen molar-refractivity contribution >= 4 is 17.2 Å².